The predicted octanol–water partition coefficient (Wildman–Crippen LogP) is 3.06. The smallest absolute Gasteiger partial charge is 0.253 e. The Balaban J connectivity index is 1.63. The average molecular weight is 390 g/mol. The van der Waals surface area contributed by atoms with Gasteiger partial charge in [-0.25, -0.2) is 4.39 Å². The summed E-state index contributed by atoms with van der Waals surface area (Å²) in [4.78, 5) is 29.7. The molecule has 2 amide bonds. The van der Waals surface area contributed by atoms with Gasteiger partial charge in [0.2, 0.25) is 5.91 Å². The number of carbonyl (C=O) groups is 2. The molecule has 0 aromatic heterocycles. The molecular formula is C22H32FN3O2. The van der Waals surface area contributed by atoms with Crippen molar-refractivity contribution in [3.05, 3.63) is 35.6 Å². The Labute approximate surface area is 167 Å². The van der Waals surface area contributed by atoms with Crippen molar-refractivity contribution in [2.75, 3.05) is 26.2 Å². The molecule has 1 N–H and O–H groups in total. The minimum atomic E-state index is -0.340. The van der Waals surface area contributed by atoms with Crippen molar-refractivity contribution < 1.29 is 14.0 Å². The molecular weight excluding hydrogens is 357 g/mol. The lowest BCUT2D eigenvalue weighted by molar-refractivity contribution is -0.129. The highest BCUT2D eigenvalue weighted by Gasteiger charge is 2.37. The van der Waals surface area contributed by atoms with Gasteiger partial charge in [-0.05, 0) is 56.4 Å². The van der Waals surface area contributed by atoms with Crippen molar-refractivity contribution in [3.63, 3.8) is 0 Å². The minimum Gasteiger partial charge on any atom is -0.352 e. The molecule has 0 unspecified atom stereocenters. The number of amides is 2. The van der Waals surface area contributed by atoms with E-state index in [0.29, 0.717) is 37.7 Å². The van der Waals surface area contributed by atoms with Gasteiger partial charge in [-0.1, -0.05) is 19.8 Å². The number of nitrogens with zero attached hydrogens (tertiary/aromatic N) is 2. The highest BCUT2D eigenvalue weighted by atomic mass is 19.1. The van der Waals surface area contributed by atoms with Crippen LogP contribution in [0.5, 0.6) is 0 Å². The molecule has 1 saturated heterocycles. The first kappa shape index (κ1) is 20.8. The van der Waals surface area contributed by atoms with E-state index in [0.717, 1.165) is 19.3 Å². The molecule has 28 heavy (non-hydrogen) atoms. The van der Waals surface area contributed by atoms with E-state index in [1.165, 1.54) is 37.1 Å². The summed E-state index contributed by atoms with van der Waals surface area (Å²) in [6.45, 7) is 6.70. The van der Waals surface area contributed by atoms with Gasteiger partial charge < -0.3 is 10.2 Å². The molecule has 1 aliphatic heterocycles. The highest BCUT2D eigenvalue weighted by Crippen LogP contribution is 2.31. The fourth-order valence-corrected chi connectivity index (χ4v) is 4.36. The van der Waals surface area contributed by atoms with Crippen molar-refractivity contribution in [1.82, 2.24) is 15.1 Å². The van der Waals surface area contributed by atoms with Crippen molar-refractivity contribution in [2.45, 2.75) is 58.0 Å². The summed E-state index contributed by atoms with van der Waals surface area (Å²) in [5, 5.41) is 3.17. The van der Waals surface area contributed by atoms with Crippen LogP contribution in [-0.2, 0) is 4.79 Å². The first-order chi connectivity index (χ1) is 13.5. The second-order valence-corrected chi connectivity index (χ2v) is 8.14. The Morgan fingerprint density at radius 3 is 2.29 bits per heavy atom. The number of carbonyl (C=O) groups excluding carboxylic acids is 2. The first-order valence-electron chi connectivity index (χ1n) is 10.6. The molecule has 1 heterocycles. The average Bonchev–Trinajstić information content (AvgIpc) is 3.23. The van der Waals surface area contributed by atoms with Gasteiger partial charge in [-0.3, -0.25) is 14.5 Å². The zero-order valence-corrected chi connectivity index (χ0v) is 17.0. The fourth-order valence-electron chi connectivity index (χ4n) is 4.36. The van der Waals surface area contributed by atoms with Gasteiger partial charge in [0.15, 0.2) is 0 Å². The van der Waals surface area contributed by atoms with Gasteiger partial charge in [0.05, 0.1) is 6.04 Å². The second-order valence-electron chi connectivity index (χ2n) is 8.14. The van der Waals surface area contributed by atoms with Gasteiger partial charge in [0, 0.05) is 37.8 Å². The maximum atomic E-state index is 13.1. The molecule has 154 valence electrons. The summed E-state index contributed by atoms with van der Waals surface area (Å²) >= 11 is 0. The van der Waals surface area contributed by atoms with Crippen molar-refractivity contribution in [3.8, 4) is 0 Å². The Bertz CT molecular complexity index is 665. The topological polar surface area (TPSA) is 52.7 Å². The van der Waals surface area contributed by atoms with Gasteiger partial charge in [-0.15, -0.1) is 0 Å². The van der Waals surface area contributed by atoms with Gasteiger partial charge in [0.25, 0.3) is 5.91 Å². The van der Waals surface area contributed by atoms with E-state index < -0.39 is 0 Å². The Hall–Kier alpha value is -1.95. The molecule has 1 saturated carbocycles. The second kappa shape index (κ2) is 9.50. The van der Waals surface area contributed by atoms with Gasteiger partial charge in [0.1, 0.15) is 5.82 Å². The maximum absolute atomic E-state index is 13.1. The lowest BCUT2D eigenvalue weighted by atomic mass is 9.94. The van der Waals surface area contributed by atoms with Crippen molar-refractivity contribution >= 4 is 11.8 Å². The van der Waals surface area contributed by atoms with Crippen LogP contribution in [-0.4, -0.2) is 59.9 Å². The predicted molar refractivity (Wildman–Crippen MR) is 108 cm³/mol. The highest BCUT2D eigenvalue weighted by molar-refractivity contribution is 5.94. The molecule has 3 rings (SSSR count). The van der Waals surface area contributed by atoms with E-state index in [9.17, 15) is 14.0 Å². The quantitative estimate of drug-likeness (QED) is 0.814. The third kappa shape index (κ3) is 4.90. The summed E-state index contributed by atoms with van der Waals surface area (Å²) in [7, 11) is 0. The van der Waals surface area contributed by atoms with Crippen LogP contribution in [0.2, 0.25) is 0 Å². The third-order valence-electron chi connectivity index (χ3n) is 6.20. The van der Waals surface area contributed by atoms with E-state index in [1.807, 2.05) is 11.8 Å². The summed E-state index contributed by atoms with van der Waals surface area (Å²) in [6.07, 6.45) is 5.52. The van der Waals surface area contributed by atoms with E-state index >= 15 is 0 Å². The summed E-state index contributed by atoms with van der Waals surface area (Å²) in [5.74, 6) is 0.136. The van der Waals surface area contributed by atoms with Crippen LogP contribution in [0.4, 0.5) is 4.39 Å². The largest absolute Gasteiger partial charge is 0.352 e. The monoisotopic (exact) mass is 389 g/mol. The van der Waals surface area contributed by atoms with Crippen LogP contribution in [0.15, 0.2) is 24.3 Å². The molecule has 2 aliphatic rings. The molecule has 6 heteroatoms. The van der Waals surface area contributed by atoms with E-state index in [2.05, 4.69) is 17.1 Å². The molecule has 0 radical (unpaired) electrons. The third-order valence-corrected chi connectivity index (χ3v) is 6.20. The number of halogens is 1. The fraction of sp³-hybridized carbons (Fsp3) is 0.636. The summed E-state index contributed by atoms with van der Waals surface area (Å²) in [5.41, 5.74) is 0.511. The van der Waals surface area contributed by atoms with Crippen LogP contribution in [0.3, 0.4) is 0 Å². The minimum absolute atomic E-state index is 0.0684. The summed E-state index contributed by atoms with van der Waals surface area (Å²) < 4.78 is 13.1. The number of benzene rings is 1. The molecule has 1 aromatic carbocycles. The zero-order chi connectivity index (χ0) is 20.1. The maximum Gasteiger partial charge on any atom is 0.253 e. The van der Waals surface area contributed by atoms with Crippen LogP contribution in [0.1, 0.15) is 56.3 Å². The SMILES string of the molecule is CC[C@@H](C)NC(=O)[C@@H](C1CCCC1)N1CCN(C(=O)c2ccc(F)cc2)CC1. The Morgan fingerprint density at radius 2 is 1.71 bits per heavy atom. The molecule has 0 bridgehead atoms. The van der Waals surface area contributed by atoms with E-state index in [1.54, 1.807) is 0 Å². The summed E-state index contributed by atoms with van der Waals surface area (Å²) in [6, 6.07) is 5.78. The van der Waals surface area contributed by atoms with E-state index in [-0.39, 0.29) is 29.7 Å². The molecule has 1 aromatic rings. The molecule has 5 nitrogen and oxygen atoms in total. The van der Waals surface area contributed by atoms with Gasteiger partial charge in [-0.2, -0.15) is 0 Å². The molecule has 1 aliphatic carbocycles. The number of rotatable bonds is 6. The lowest BCUT2D eigenvalue weighted by Gasteiger charge is -2.41. The van der Waals surface area contributed by atoms with Crippen LogP contribution in [0.25, 0.3) is 0 Å². The molecule has 2 atom stereocenters. The number of hydrogen-bond acceptors (Lipinski definition) is 3. The first-order valence-corrected chi connectivity index (χ1v) is 10.6. The lowest BCUT2D eigenvalue weighted by Crippen LogP contribution is -2.58. The Kier molecular flexibility index (Phi) is 7.05. The zero-order valence-electron chi connectivity index (χ0n) is 17.0. The van der Waals surface area contributed by atoms with Crippen LogP contribution >= 0.6 is 0 Å². The molecule has 2 fully saturated rings. The van der Waals surface area contributed by atoms with E-state index in [4.69, 9.17) is 0 Å². The number of nitrogens with one attached hydrogen (secondary N) is 1. The van der Waals surface area contributed by atoms with Gasteiger partial charge >= 0.3 is 0 Å². The van der Waals surface area contributed by atoms with Crippen LogP contribution < -0.4 is 5.32 Å². The van der Waals surface area contributed by atoms with Crippen molar-refractivity contribution in [1.29, 1.82) is 0 Å². The van der Waals surface area contributed by atoms with Crippen LogP contribution in [0, 0.1) is 11.7 Å². The van der Waals surface area contributed by atoms with Crippen molar-refractivity contribution in [2.24, 2.45) is 5.92 Å². The normalized spacial score (nSPS) is 20.8. The molecule has 0 spiro atoms. The standard InChI is InChI=1S/C22H32FN3O2/c1-3-16(2)24-21(27)20(17-6-4-5-7-17)25-12-14-26(15-13-25)22(28)18-8-10-19(23)11-9-18/h8-11,16-17,20H,3-7,12-15H2,1-2H3,(H,24,27)/t16-,20-/m1/s1. The number of piperazine rings is 1. The number of hydrogen-bond donors (Lipinski definition) is 1. The Morgan fingerprint density at radius 1 is 1.11 bits per heavy atom.